The van der Waals surface area contributed by atoms with Crippen LogP contribution in [0.4, 0.5) is 0 Å². The number of hydrogen-bond acceptors (Lipinski definition) is 6. The Balaban J connectivity index is 0.000000290. The minimum Gasteiger partial charge on any atom is -0.649 e. The van der Waals surface area contributed by atoms with Crippen molar-refractivity contribution < 1.29 is 89.5 Å². The van der Waals surface area contributed by atoms with Crippen LogP contribution < -0.4 is 0 Å². The molecule has 58 heavy (non-hydrogen) atoms. The fourth-order valence-electron chi connectivity index (χ4n) is 12.4. The van der Waals surface area contributed by atoms with Crippen LogP contribution in [0.15, 0.2) is 0 Å². The first-order valence-electron chi connectivity index (χ1n) is 22.4. The summed E-state index contributed by atoms with van der Waals surface area (Å²) in [6.07, 6.45) is 0. The zero-order chi connectivity index (χ0) is 37.6. The molecule has 0 unspecified atom stereocenters. The predicted octanol–water partition coefficient (Wildman–Crippen LogP) is 5.38. The first-order valence-corrected chi connectivity index (χ1v) is 22.4. The smallest absolute Gasteiger partial charge is 0 e. The van der Waals surface area contributed by atoms with Gasteiger partial charge in [-0.25, -0.2) is 0 Å². The van der Waals surface area contributed by atoms with Gasteiger partial charge in [0.05, 0.1) is 0 Å². The van der Waals surface area contributed by atoms with E-state index in [-0.39, 0.29) is 89.5 Å². The maximum Gasteiger partial charge on any atom is 0 e. The van der Waals surface area contributed by atoms with Gasteiger partial charge in [-0.05, 0) is 150 Å². The van der Waals surface area contributed by atoms with Crippen molar-refractivity contribution in [3.63, 3.8) is 0 Å². The summed E-state index contributed by atoms with van der Waals surface area (Å²) in [5.41, 5.74) is 0. The Morgan fingerprint density at radius 2 is 0.414 bits per heavy atom. The van der Waals surface area contributed by atoms with Gasteiger partial charge in [-0.1, -0.05) is 81.6 Å². The van der Waals surface area contributed by atoms with Crippen molar-refractivity contribution in [1.29, 1.82) is 0 Å². The molecule has 0 atom stereocenters. The maximum atomic E-state index is 4.58. The van der Waals surface area contributed by atoms with Gasteiger partial charge < -0.3 is 61.3 Å². The number of rotatable bonds is 12. The van der Waals surface area contributed by atoms with Gasteiger partial charge in [0, 0.05) is 89.5 Å². The zero-order valence-corrected chi connectivity index (χ0v) is 42.4. The average Bonchev–Trinajstić information content (AvgIpc) is 4.02. The van der Waals surface area contributed by atoms with E-state index in [1.807, 2.05) is 0 Å². The van der Waals surface area contributed by atoms with Crippen molar-refractivity contribution >= 4 is 0 Å². The molecule has 6 aliphatic heterocycles. The molecule has 6 heterocycles. The van der Waals surface area contributed by atoms with E-state index in [1.165, 1.54) is 39.3 Å². The summed E-state index contributed by atoms with van der Waals surface area (Å²) in [4.78, 5) is 15.6. The first-order chi connectivity index (χ1) is 26.3. The maximum absolute atomic E-state index is 4.58. The van der Waals surface area contributed by atoms with Crippen LogP contribution in [0.5, 0.6) is 0 Å². The van der Waals surface area contributed by atoms with Crippen molar-refractivity contribution in [2.24, 2.45) is 71.0 Å². The van der Waals surface area contributed by atoms with E-state index in [4.69, 9.17) is 0 Å². The van der Waals surface area contributed by atoms with Gasteiger partial charge in [0.2, 0.25) is 0 Å². The van der Waals surface area contributed by atoms with Gasteiger partial charge in [-0.3, -0.25) is 0 Å². The minimum atomic E-state index is 0. The second-order valence-electron chi connectivity index (χ2n) is 19.1. The van der Waals surface area contributed by atoms with E-state index in [2.05, 4.69) is 103 Å². The molecule has 16 heteroatoms. The molecule has 2 saturated carbocycles. The zero-order valence-electron chi connectivity index (χ0n) is 36.5. The quantitative estimate of drug-likeness (QED) is 0.244. The van der Waals surface area contributed by atoms with Crippen LogP contribution in [0.2, 0.25) is 0 Å². The molecule has 6 saturated heterocycles. The third-order valence-corrected chi connectivity index (χ3v) is 16.2. The summed E-state index contributed by atoms with van der Waals surface area (Å²) in [6.45, 7) is 41.6. The van der Waals surface area contributed by atoms with Crippen molar-refractivity contribution in [2.75, 3.05) is 158 Å². The van der Waals surface area contributed by atoms with Gasteiger partial charge in [0.25, 0.3) is 0 Å². The molecule has 8 fully saturated rings. The standard InChI is InChI=1S/2C21H39N6.4Ag/c2*1-16-19(10-25-7-4-22-13-25)17(2)21(12-27-9-6-24-15-27)18(3)20(16)11-26-8-5-23-14-26;;;;/h2*16-21H,4-15H2,1-3H3;;;;/q2*-3;;;;. The number of nitrogens with zero attached hydrogens (tertiary/aromatic N) is 12. The molecule has 12 nitrogen and oxygen atoms in total. The summed E-state index contributed by atoms with van der Waals surface area (Å²) in [5, 5.41) is 27.5. The molecule has 0 amide bonds. The van der Waals surface area contributed by atoms with Gasteiger partial charge in [0.1, 0.15) is 0 Å². The summed E-state index contributed by atoms with van der Waals surface area (Å²) in [5.74, 6) is 9.33. The largest absolute Gasteiger partial charge is 0.649 e. The van der Waals surface area contributed by atoms with Crippen LogP contribution in [-0.2, 0) is 89.5 Å². The Morgan fingerprint density at radius 1 is 0.276 bits per heavy atom. The fourth-order valence-corrected chi connectivity index (χ4v) is 12.4. The van der Waals surface area contributed by atoms with E-state index >= 15 is 0 Å². The molecular formula is C42H78Ag4N12-6. The topological polar surface area (TPSA) is 104 Å². The molecular weight excluding hydrogens is 1100 g/mol. The summed E-state index contributed by atoms with van der Waals surface area (Å²) in [7, 11) is 0. The third-order valence-electron chi connectivity index (χ3n) is 16.2. The second kappa shape index (κ2) is 27.2. The molecule has 8 rings (SSSR count). The molecule has 4 radical (unpaired) electrons. The SMILES string of the molecule is CC1C(CN2CC[N-]C2)C(C)C(CN2CC[N-]C2)C(C)C1CN1CC[N-]C1.CC1C(CN2CC[N-]C2)C(C)C(CN2CC[N-]C2)C(C)C1CN1CC[N-]C1.[Ag].[Ag].[Ag].[Ag]. The fraction of sp³-hybridized carbons (Fsp3) is 1.00. The van der Waals surface area contributed by atoms with Crippen molar-refractivity contribution in [2.45, 2.75) is 41.5 Å². The van der Waals surface area contributed by atoms with Crippen LogP contribution in [0.25, 0.3) is 31.9 Å². The van der Waals surface area contributed by atoms with Gasteiger partial charge >= 0.3 is 0 Å². The molecule has 0 N–H and O–H groups in total. The molecule has 356 valence electrons. The Hall–Kier alpha value is 2.48. The molecule has 0 bridgehead atoms. The Kier molecular flexibility index (Phi) is 25.7. The van der Waals surface area contributed by atoms with E-state index < -0.39 is 0 Å². The van der Waals surface area contributed by atoms with E-state index in [9.17, 15) is 0 Å². The Labute approximate surface area is 417 Å². The Morgan fingerprint density at radius 3 is 0.517 bits per heavy atom. The Bertz CT molecular complexity index is 859. The summed E-state index contributed by atoms with van der Waals surface area (Å²) < 4.78 is 0. The summed E-state index contributed by atoms with van der Waals surface area (Å²) >= 11 is 0. The first kappa shape index (κ1) is 54.8. The molecule has 2 aliphatic carbocycles. The molecule has 0 spiro atoms. The molecule has 0 aromatic carbocycles. The monoisotopic (exact) mass is 1180 g/mol. The van der Waals surface area contributed by atoms with E-state index in [1.54, 1.807) is 0 Å². The van der Waals surface area contributed by atoms with Crippen LogP contribution in [0.3, 0.4) is 0 Å². The van der Waals surface area contributed by atoms with E-state index in [0.29, 0.717) is 0 Å². The van der Waals surface area contributed by atoms with E-state index in [0.717, 1.165) is 190 Å². The average molecular weight is 1180 g/mol. The third kappa shape index (κ3) is 14.2. The van der Waals surface area contributed by atoms with Crippen LogP contribution >= 0.6 is 0 Å². The normalized spacial score (nSPS) is 39.4. The van der Waals surface area contributed by atoms with Gasteiger partial charge in [-0.15, -0.1) is 39.3 Å². The van der Waals surface area contributed by atoms with Crippen molar-refractivity contribution in [3.05, 3.63) is 31.9 Å². The summed E-state index contributed by atoms with van der Waals surface area (Å²) in [6, 6.07) is 0. The van der Waals surface area contributed by atoms with Crippen molar-refractivity contribution in [1.82, 2.24) is 29.4 Å². The van der Waals surface area contributed by atoms with Gasteiger partial charge in [-0.2, -0.15) is 0 Å². The predicted molar refractivity (Wildman–Crippen MR) is 224 cm³/mol. The minimum absolute atomic E-state index is 0. The molecule has 0 aromatic heterocycles. The van der Waals surface area contributed by atoms with Crippen LogP contribution in [0.1, 0.15) is 41.5 Å². The van der Waals surface area contributed by atoms with Gasteiger partial charge in [0.15, 0.2) is 0 Å². The van der Waals surface area contributed by atoms with Crippen LogP contribution in [0, 0.1) is 71.0 Å². The second-order valence-corrected chi connectivity index (χ2v) is 19.1. The number of hydrogen-bond donors (Lipinski definition) is 0. The molecule has 8 aliphatic rings. The molecule has 0 aromatic rings. The van der Waals surface area contributed by atoms with Crippen LogP contribution in [-0.4, -0.2) is 187 Å². The van der Waals surface area contributed by atoms with Crippen molar-refractivity contribution in [3.8, 4) is 0 Å².